The zero-order valence-corrected chi connectivity index (χ0v) is 16.4. The minimum absolute atomic E-state index is 0.192. The Balaban J connectivity index is 2.52. The third-order valence-electron chi connectivity index (χ3n) is 6.32. The number of benzene rings is 1. The molecule has 25 heavy (non-hydrogen) atoms. The van der Waals surface area contributed by atoms with E-state index in [9.17, 15) is 13.0 Å². The Morgan fingerprint density at radius 1 is 1.32 bits per heavy atom. The van der Waals surface area contributed by atoms with E-state index in [0.29, 0.717) is 12.3 Å². The normalized spacial score (nSPS) is 26.5. The maximum absolute atomic E-state index is 12.4. The molecule has 0 radical (unpaired) electrons. The average molecular weight is 366 g/mol. The van der Waals surface area contributed by atoms with E-state index in [0.717, 1.165) is 31.2 Å². The number of allylic oxidation sites excluding steroid dienone is 1. The van der Waals surface area contributed by atoms with Crippen LogP contribution in [0.1, 0.15) is 58.4 Å². The van der Waals surface area contributed by atoms with E-state index in [-0.39, 0.29) is 12.0 Å². The minimum Gasteiger partial charge on any atom is -0.273 e. The zero-order valence-electron chi connectivity index (χ0n) is 15.6. The lowest BCUT2D eigenvalue weighted by atomic mass is 9.56. The molecule has 5 heteroatoms. The van der Waals surface area contributed by atoms with Crippen LogP contribution in [0.25, 0.3) is 0 Å². The topological polar surface area (TPSA) is 57.6 Å². The van der Waals surface area contributed by atoms with Crippen molar-refractivity contribution in [3.05, 3.63) is 48.6 Å². The van der Waals surface area contributed by atoms with Crippen molar-refractivity contribution in [2.75, 3.05) is 0 Å². The molecule has 0 bridgehead atoms. The first-order valence-corrected chi connectivity index (χ1v) is 10.5. The van der Waals surface area contributed by atoms with E-state index < -0.39 is 15.8 Å². The molecule has 0 saturated heterocycles. The summed E-state index contributed by atoms with van der Waals surface area (Å²) in [7, 11) is -4.34. The van der Waals surface area contributed by atoms with Crippen molar-refractivity contribution in [1.29, 1.82) is 0 Å². The average Bonchev–Trinajstić information content (AvgIpc) is 2.55. The van der Waals surface area contributed by atoms with Crippen LogP contribution >= 0.6 is 0 Å². The van der Waals surface area contributed by atoms with E-state index >= 15 is 0 Å². The van der Waals surface area contributed by atoms with Crippen LogP contribution in [0.3, 0.4) is 0 Å². The maximum Gasteiger partial charge on any atom is 0.336 e. The molecule has 1 fully saturated rings. The first-order valence-electron chi connectivity index (χ1n) is 9.09. The van der Waals surface area contributed by atoms with Crippen LogP contribution in [0.2, 0.25) is 0 Å². The van der Waals surface area contributed by atoms with Crippen molar-refractivity contribution in [2.45, 2.75) is 65.0 Å². The van der Waals surface area contributed by atoms with Gasteiger partial charge in [-0.15, -0.1) is 6.58 Å². The highest BCUT2D eigenvalue weighted by atomic mass is 32.2. The minimum atomic E-state index is -4.34. The molecule has 1 aliphatic carbocycles. The molecule has 1 aromatic rings. The highest BCUT2D eigenvalue weighted by molar-refractivity contribution is 7.83. The summed E-state index contributed by atoms with van der Waals surface area (Å²) in [6, 6.07) is 9.49. The van der Waals surface area contributed by atoms with Gasteiger partial charge in [0.2, 0.25) is 0 Å². The van der Waals surface area contributed by atoms with Crippen LogP contribution in [0.15, 0.2) is 43.0 Å². The summed E-state index contributed by atoms with van der Waals surface area (Å²) in [5, 5.41) is 0. The molecular weight excluding hydrogens is 334 g/mol. The van der Waals surface area contributed by atoms with Crippen molar-refractivity contribution < 1.29 is 13.0 Å². The Hall–Kier alpha value is -1.17. The van der Waals surface area contributed by atoms with Gasteiger partial charge in [-0.1, -0.05) is 63.6 Å². The van der Waals surface area contributed by atoms with Crippen LogP contribution < -0.4 is 0 Å². The van der Waals surface area contributed by atoms with Crippen molar-refractivity contribution in [3.63, 3.8) is 0 Å². The quantitative estimate of drug-likeness (QED) is 0.555. The highest BCUT2D eigenvalue weighted by Crippen LogP contribution is 2.54. The third kappa shape index (κ3) is 3.83. The molecule has 1 aromatic carbocycles. The van der Waals surface area contributed by atoms with Crippen LogP contribution in [0.5, 0.6) is 0 Å². The highest BCUT2D eigenvalue weighted by Gasteiger charge is 2.56. The molecular formula is C20H31NO3S. The molecule has 0 heterocycles. The van der Waals surface area contributed by atoms with Gasteiger partial charge in [0.1, 0.15) is 0 Å². The Kier molecular flexibility index (Phi) is 6.13. The third-order valence-corrected chi connectivity index (χ3v) is 7.36. The molecule has 140 valence electrons. The smallest absolute Gasteiger partial charge is 0.273 e. The second kappa shape index (κ2) is 7.60. The SMILES string of the molecule is C=CCC1CCCC(CC)(N(Cc2ccccc2)S(=O)(=O)O)C1(C)C. The summed E-state index contributed by atoms with van der Waals surface area (Å²) >= 11 is 0. The van der Waals surface area contributed by atoms with Crippen molar-refractivity contribution >= 4 is 10.3 Å². The Morgan fingerprint density at radius 2 is 1.96 bits per heavy atom. The number of hydrogen-bond acceptors (Lipinski definition) is 2. The Bertz CT molecular complexity index is 684. The van der Waals surface area contributed by atoms with Gasteiger partial charge in [-0.05, 0) is 42.6 Å². The van der Waals surface area contributed by atoms with Crippen molar-refractivity contribution in [3.8, 4) is 0 Å². The lowest BCUT2D eigenvalue weighted by Gasteiger charge is -2.58. The summed E-state index contributed by atoms with van der Waals surface area (Å²) in [5.74, 6) is 0.346. The molecule has 0 amide bonds. The molecule has 1 N–H and O–H groups in total. The fourth-order valence-electron chi connectivity index (χ4n) is 4.78. The lowest BCUT2D eigenvalue weighted by molar-refractivity contribution is -0.0533. The summed E-state index contributed by atoms with van der Waals surface area (Å²) < 4.78 is 36.3. The van der Waals surface area contributed by atoms with Gasteiger partial charge in [-0.3, -0.25) is 4.55 Å². The summed E-state index contributed by atoms with van der Waals surface area (Å²) in [5.41, 5.74) is 0.01000. The van der Waals surface area contributed by atoms with Gasteiger partial charge in [0.25, 0.3) is 0 Å². The fraction of sp³-hybridized carbons (Fsp3) is 0.600. The van der Waals surface area contributed by atoms with Gasteiger partial charge >= 0.3 is 10.3 Å². The largest absolute Gasteiger partial charge is 0.336 e. The summed E-state index contributed by atoms with van der Waals surface area (Å²) in [4.78, 5) is 0. The molecule has 2 rings (SSSR count). The van der Waals surface area contributed by atoms with E-state index in [1.165, 1.54) is 4.31 Å². The van der Waals surface area contributed by atoms with E-state index in [4.69, 9.17) is 0 Å². The zero-order chi connectivity index (χ0) is 18.7. The first kappa shape index (κ1) is 20.1. The predicted octanol–water partition coefficient (Wildman–Crippen LogP) is 4.84. The molecule has 0 aliphatic heterocycles. The summed E-state index contributed by atoms with van der Waals surface area (Å²) in [6.07, 6.45) is 6.23. The first-order chi connectivity index (χ1) is 11.7. The van der Waals surface area contributed by atoms with Crippen LogP contribution in [0.4, 0.5) is 0 Å². The number of hydrogen-bond donors (Lipinski definition) is 1. The van der Waals surface area contributed by atoms with Crippen molar-refractivity contribution in [1.82, 2.24) is 4.31 Å². The van der Waals surface area contributed by atoms with Crippen LogP contribution in [-0.4, -0.2) is 22.8 Å². The fourth-order valence-corrected chi connectivity index (χ4v) is 5.98. The molecule has 2 atom stereocenters. The monoisotopic (exact) mass is 365 g/mol. The van der Waals surface area contributed by atoms with Gasteiger partial charge < -0.3 is 0 Å². The van der Waals surface area contributed by atoms with Crippen molar-refractivity contribution in [2.24, 2.45) is 11.3 Å². The van der Waals surface area contributed by atoms with Gasteiger partial charge in [0, 0.05) is 12.1 Å². The van der Waals surface area contributed by atoms with Gasteiger partial charge in [-0.25, -0.2) is 0 Å². The standard InChI is InChI=1S/C20H31NO3S/c1-5-11-18-14-10-15-20(6-2,19(18,3)4)21(25(22,23)24)16-17-12-8-7-9-13-17/h5,7-9,12-13,18H,1,6,10-11,14-16H2,2-4H3,(H,22,23,24). The lowest BCUT2D eigenvalue weighted by Crippen LogP contribution is -2.63. The van der Waals surface area contributed by atoms with E-state index in [1.807, 2.05) is 43.3 Å². The van der Waals surface area contributed by atoms with E-state index in [1.54, 1.807) is 0 Å². The Morgan fingerprint density at radius 3 is 2.48 bits per heavy atom. The van der Waals surface area contributed by atoms with Gasteiger partial charge in [0.05, 0.1) is 0 Å². The van der Waals surface area contributed by atoms with Crippen LogP contribution in [0, 0.1) is 11.3 Å². The van der Waals surface area contributed by atoms with Crippen LogP contribution in [-0.2, 0) is 16.8 Å². The number of rotatable bonds is 7. The second-order valence-electron chi connectivity index (χ2n) is 7.69. The predicted molar refractivity (Wildman–Crippen MR) is 102 cm³/mol. The maximum atomic E-state index is 12.4. The van der Waals surface area contributed by atoms with E-state index in [2.05, 4.69) is 20.4 Å². The molecule has 1 aliphatic rings. The molecule has 0 spiro atoms. The second-order valence-corrected chi connectivity index (χ2v) is 9.03. The molecule has 4 nitrogen and oxygen atoms in total. The Labute approximate surface area is 152 Å². The number of nitrogens with zero attached hydrogens (tertiary/aromatic N) is 1. The molecule has 0 aromatic heterocycles. The van der Waals surface area contributed by atoms with Gasteiger partial charge in [0.15, 0.2) is 0 Å². The summed E-state index contributed by atoms with van der Waals surface area (Å²) in [6.45, 7) is 10.4. The van der Waals surface area contributed by atoms with Gasteiger partial charge in [-0.2, -0.15) is 12.7 Å². The molecule has 1 saturated carbocycles. The molecule has 2 unspecified atom stereocenters.